The monoisotopic (exact) mass is 366 g/mol. The molecular formula is C18H21F3N4O. The highest BCUT2D eigenvalue weighted by atomic mass is 19.4. The molecule has 0 saturated carbocycles. The number of aromatic nitrogens is 2. The van der Waals surface area contributed by atoms with Crippen molar-refractivity contribution in [2.75, 3.05) is 13.1 Å². The molecule has 1 aliphatic rings. The molecule has 140 valence electrons. The molecule has 2 aromatic rings. The van der Waals surface area contributed by atoms with Gasteiger partial charge in [-0.3, -0.25) is 4.79 Å². The molecule has 2 atom stereocenters. The molecule has 3 rings (SSSR count). The number of carbonyl (C=O) groups excluding carboxylic acids is 1. The molecule has 0 spiro atoms. The van der Waals surface area contributed by atoms with Gasteiger partial charge in [-0.15, -0.1) is 0 Å². The van der Waals surface area contributed by atoms with Crippen LogP contribution in [0.15, 0.2) is 36.5 Å². The Kier molecular flexibility index (Phi) is 5.04. The van der Waals surface area contributed by atoms with E-state index >= 15 is 0 Å². The summed E-state index contributed by atoms with van der Waals surface area (Å²) in [6.45, 7) is 3.15. The third-order valence-corrected chi connectivity index (χ3v) is 4.73. The average Bonchev–Trinajstić information content (AvgIpc) is 3.10. The van der Waals surface area contributed by atoms with E-state index in [4.69, 9.17) is 5.73 Å². The first-order chi connectivity index (χ1) is 12.3. The molecule has 1 aromatic heterocycles. The van der Waals surface area contributed by atoms with Gasteiger partial charge in [0.1, 0.15) is 0 Å². The maximum absolute atomic E-state index is 12.9. The zero-order valence-corrected chi connectivity index (χ0v) is 14.4. The van der Waals surface area contributed by atoms with Crippen LogP contribution < -0.4 is 5.73 Å². The summed E-state index contributed by atoms with van der Waals surface area (Å²) >= 11 is 0. The van der Waals surface area contributed by atoms with Crippen LogP contribution in [-0.2, 0) is 6.18 Å². The van der Waals surface area contributed by atoms with Crippen LogP contribution in [-0.4, -0.2) is 39.7 Å². The quantitative estimate of drug-likeness (QED) is 0.908. The van der Waals surface area contributed by atoms with Crippen LogP contribution in [0.4, 0.5) is 13.2 Å². The highest BCUT2D eigenvalue weighted by molar-refractivity contribution is 5.92. The number of nitrogens with two attached hydrogens (primary N) is 1. The predicted molar refractivity (Wildman–Crippen MR) is 90.8 cm³/mol. The minimum Gasteiger partial charge on any atom is -0.337 e. The van der Waals surface area contributed by atoms with E-state index in [1.165, 1.54) is 29.1 Å². The van der Waals surface area contributed by atoms with E-state index in [1.54, 1.807) is 4.90 Å². The third kappa shape index (κ3) is 3.90. The number of benzene rings is 1. The van der Waals surface area contributed by atoms with Crippen molar-refractivity contribution in [3.05, 3.63) is 47.8 Å². The summed E-state index contributed by atoms with van der Waals surface area (Å²) in [4.78, 5) is 14.4. The molecule has 0 bridgehead atoms. The van der Waals surface area contributed by atoms with Crippen molar-refractivity contribution in [3.63, 3.8) is 0 Å². The third-order valence-electron chi connectivity index (χ3n) is 4.73. The van der Waals surface area contributed by atoms with Gasteiger partial charge in [-0.2, -0.15) is 18.3 Å². The Hall–Kier alpha value is -2.35. The standard InChI is InChI=1S/C18H21F3N4O/c1-12(22)13-4-3-8-24(11-13)17(26)16-7-9-25(23-16)15-6-2-5-14(10-15)18(19,20)21/h2,5-7,9-10,12-13H,3-4,8,11,22H2,1H3. The summed E-state index contributed by atoms with van der Waals surface area (Å²) in [5.41, 5.74) is 5.66. The van der Waals surface area contributed by atoms with E-state index in [0.29, 0.717) is 13.1 Å². The lowest BCUT2D eigenvalue weighted by Gasteiger charge is -2.34. The number of nitrogens with zero attached hydrogens (tertiary/aromatic N) is 3. The molecule has 1 fully saturated rings. The number of halogens is 3. The molecule has 1 saturated heterocycles. The topological polar surface area (TPSA) is 64.2 Å². The molecule has 2 N–H and O–H groups in total. The Labute approximate surface area is 149 Å². The summed E-state index contributed by atoms with van der Waals surface area (Å²) in [7, 11) is 0. The normalized spacial score (nSPS) is 19.4. The van der Waals surface area contributed by atoms with E-state index in [9.17, 15) is 18.0 Å². The lowest BCUT2D eigenvalue weighted by molar-refractivity contribution is -0.137. The van der Waals surface area contributed by atoms with E-state index in [2.05, 4.69) is 5.10 Å². The lowest BCUT2D eigenvalue weighted by Crippen LogP contribution is -2.45. The molecule has 2 unspecified atom stereocenters. The second kappa shape index (κ2) is 7.11. The first kappa shape index (κ1) is 18.4. The number of carbonyl (C=O) groups is 1. The maximum Gasteiger partial charge on any atom is 0.416 e. The van der Waals surface area contributed by atoms with Crippen molar-refractivity contribution >= 4 is 5.91 Å². The number of hydrogen-bond acceptors (Lipinski definition) is 3. The fourth-order valence-electron chi connectivity index (χ4n) is 3.19. The average molecular weight is 366 g/mol. The van der Waals surface area contributed by atoms with Gasteiger partial charge in [0.15, 0.2) is 5.69 Å². The number of rotatable bonds is 3. The van der Waals surface area contributed by atoms with Crippen LogP contribution in [0.1, 0.15) is 35.8 Å². The van der Waals surface area contributed by atoms with E-state index in [0.717, 1.165) is 25.0 Å². The van der Waals surface area contributed by atoms with Crippen molar-refractivity contribution in [1.82, 2.24) is 14.7 Å². The van der Waals surface area contributed by atoms with Crippen molar-refractivity contribution < 1.29 is 18.0 Å². The fraction of sp³-hybridized carbons (Fsp3) is 0.444. The molecule has 0 radical (unpaired) electrons. The van der Waals surface area contributed by atoms with Gasteiger partial charge in [0, 0.05) is 25.3 Å². The number of hydrogen-bond donors (Lipinski definition) is 1. The van der Waals surface area contributed by atoms with Crippen LogP contribution >= 0.6 is 0 Å². The first-order valence-electron chi connectivity index (χ1n) is 8.54. The molecular weight excluding hydrogens is 345 g/mol. The largest absolute Gasteiger partial charge is 0.416 e. The van der Waals surface area contributed by atoms with Crippen molar-refractivity contribution in [2.45, 2.75) is 32.0 Å². The Balaban J connectivity index is 1.78. The van der Waals surface area contributed by atoms with Gasteiger partial charge < -0.3 is 10.6 Å². The van der Waals surface area contributed by atoms with Crippen LogP contribution in [0, 0.1) is 5.92 Å². The summed E-state index contributed by atoms with van der Waals surface area (Å²) in [5, 5.41) is 4.18. The molecule has 0 aliphatic carbocycles. The zero-order chi connectivity index (χ0) is 18.9. The Morgan fingerprint density at radius 1 is 1.35 bits per heavy atom. The Morgan fingerprint density at radius 2 is 2.12 bits per heavy atom. The molecule has 8 heteroatoms. The second-order valence-electron chi connectivity index (χ2n) is 6.71. The molecule has 5 nitrogen and oxygen atoms in total. The van der Waals surface area contributed by atoms with Crippen LogP contribution in [0.2, 0.25) is 0 Å². The molecule has 1 aromatic carbocycles. The smallest absolute Gasteiger partial charge is 0.337 e. The van der Waals surface area contributed by atoms with Gasteiger partial charge in [-0.1, -0.05) is 6.07 Å². The van der Waals surface area contributed by atoms with Crippen LogP contribution in [0.5, 0.6) is 0 Å². The van der Waals surface area contributed by atoms with E-state index in [1.807, 2.05) is 6.92 Å². The van der Waals surface area contributed by atoms with Gasteiger partial charge in [0.05, 0.1) is 11.3 Å². The SMILES string of the molecule is CC(N)C1CCCN(C(=O)c2ccn(-c3cccc(C(F)(F)F)c3)n2)C1. The molecule has 26 heavy (non-hydrogen) atoms. The second-order valence-corrected chi connectivity index (χ2v) is 6.71. The summed E-state index contributed by atoms with van der Waals surface area (Å²) in [6.07, 6.45) is -1.06. The predicted octanol–water partition coefficient (Wildman–Crippen LogP) is 3.09. The number of alkyl halides is 3. The first-order valence-corrected chi connectivity index (χ1v) is 8.54. The van der Waals surface area contributed by atoms with Crippen molar-refractivity contribution in [1.29, 1.82) is 0 Å². The highest BCUT2D eigenvalue weighted by Crippen LogP contribution is 2.30. The van der Waals surface area contributed by atoms with E-state index in [-0.39, 0.29) is 29.2 Å². The molecule has 2 heterocycles. The Morgan fingerprint density at radius 3 is 2.81 bits per heavy atom. The minimum absolute atomic E-state index is 0.00765. The Bertz CT molecular complexity index is 785. The van der Waals surface area contributed by atoms with Gasteiger partial charge in [0.2, 0.25) is 0 Å². The van der Waals surface area contributed by atoms with Gasteiger partial charge >= 0.3 is 6.18 Å². The van der Waals surface area contributed by atoms with Gasteiger partial charge in [-0.25, -0.2) is 4.68 Å². The number of likely N-dealkylation sites (tertiary alicyclic amines) is 1. The lowest BCUT2D eigenvalue weighted by atomic mass is 9.92. The zero-order valence-electron chi connectivity index (χ0n) is 14.4. The van der Waals surface area contributed by atoms with Gasteiger partial charge in [0.25, 0.3) is 5.91 Å². The summed E-state index contributed by atoms with van der Waals surface area (Å²) in [5.74, 6) is 0.0272. The molecule has 1 amide bonds. The maximum atomic E-state index is 12.9. The molecule has 1 aliphatic heterocycles. The van der Waals surface area contributed by atoms with Crippen LogP contribution in [0.3, 0.4) is 0 Å². The van der Waals surface area contributed by atoms with Crippen LogP contribution in [0.25, 0.3) is 5.69 Å². The van der Waals surface area contributed by atoms with Crippen molar-refractivity contribution in [3.8, 4) is 5.69 Å². The van der Waals surface area contributed by atoms with Gasteiger partial charge in [-0.05, 0) is 49.9 Å². The van der Waals surface area contributed by atoms with Crippen molar-refractivity contribution in [2.24, 2.45) is 11.7 Å². The summed E-state index contributed by atoms with van der Waals surface area (Å²) in [6, 6.07) is 6.38. The summed E-state index contributed by atoms with van der Waals surface area (Å²) < 4.78 is 39.9. The number of amides is 1. The minimum atomic E-state index is -4.43. The van der Waals surface area contributed by atoms with E-state index < -0.39 is 11.7 Å². The number of piperidine rings is 1. The fourth-order valence-corrected chi connectivity index (χ4v) is 3.19. The highest BCUT2D eigenvalue weighted by Gasteiger charge is 2.31.